The van der Waals surface area contributed by atoms with Crippen molar-refractivity contribution < 1.29 is 14.2 Å². The van der Waals surface area contributed by atoms with Crippen molar-refractivity contribution in [3.63, 3.8) is 0 Å². The fourth-order valence-electron chi connectivity index (χ4n) is 2.98. The molecule has 1 heterocycles. The summed E-state index contributed by atoms with van der Waals surface area (Å²) < 4.78 is 19.5. The molecule has 0 fully saturated rings. The highest BCUT2D eigenvalue weighted by Gasteiger charge is 2.41. The Morgan fingerprint density at radius 3 is 2.71 bits per heavy atom. The Balaban J connectivity index is 1.99. The summed E-state index contributed by atoms with van der Waals surface area (Å²) in [6.45, 7) is 1.62. The number of anilines is 1. The summed E-state index contributed by atoms with van der Waals surface area (Å²) >= 11 is 0. The number of hydrogen-bond acceptors (Lipinski definition) is 3. The van der Waals surface area contributed by atoms with E-state index in [2.05, 4.69) is 5.32 Å². The summed E-state index contributed by atoms with van der Waals surface area (Å²) in [4.78, 5) is 0. The van der Waals surface area contributed by atoms with Crippen molar-refractivity contribution in [3.05, 3.63) is 59.4 Å². The molecular formula is C17H18FNO2. The van der Waals surface area contributed by atoms with Gasteiger partial charge in [-0.05, 0) is 37.1 Å². The van der Waals surface area contributed by atoms with Gasteiger partial charge in [-0.25, -0.2) is 4.39 Å². The summed E-state index contributed by atoms with van der Waals surface area (Å²) in [5.74, 6) is -0.102. The fraction of sp³-hybridized carbons (Fsp3) is 0.294. The summed E-state index contributed by atoms with van der Waals surface area (Å²) in [6, 6.07) is 12.1. The molecule has 0 saturated carbocycles. The standard InChI is InChI=1S/C17H18FNO2/c1-17(20,16-12(18)7-5-9-14(16)21-2)15-10-11-6-3-4-8-13(11)19-15/h3-9,15,19-20H,10H2,1-2H3. The number of aliphatic hydroxyl groups is 1. The third-order valence-corrected chi connectivity index (χ3v) is 4.15. The molecule has 3 nitrogen and oxygen atoms in total. The lowest BCUT2D eigenvalue weighted by Gasteiger charge is -2.32. The molecule has 110 valence electrons. The van der Waals surface area contributed by atoms with Crippen LogP contribution in [0.1, 0.15) is 18.1 Å². The summed E-state index contributed by atoms with van der Waals surface area (Å²) in [7, 11) is 1.48. The zero-order chi connectivity index (χ0) is 15.0. The first-order valence-electron chi connectivity index (χ1n) is 6.94. The van der Waals surface area contributed by atoms with Crippen LogP contribution in [0.3, 0.4) is 0 Å². The molecule has 2 atom stereocenters. The number of hydrogen-bond donors (Lipinski definition) is 2. The molecule has 0 amide bonds. The minimum Gasteiger partial charge on any atom is -0.496 e. The van der Waals surface area contributed by atoms with Gasteiger partial charge in [0.2, 0.25) is 0 Å². The van der Waals surface area contributed by atoms with Crippen molar-refractivity contribution in [1.29, 1.82) is 0 Å². The average molecular weight is 287 g/mol. The lowest BCUT2D eigenvalue weighted by atomic mass is 9.85. The summed E-state index contributed by atoms with van der Waals surface area (Å²) in [5.41, 5.74) is 0.921. The number of para-hydroxylation sites is 1. The van der Waals surface area contributed by atoms with Crippen molar-refractivity contribution in [2.75, 3.05) is 12.4 Å². The Morgan fingerprint density at radius 1 is 1.24 bits per heavy atom. The second-order valence-corrected chi connectivity index (χ2v) is 5.52. The van der Waals surface area contributed by atoms with Gasteiger partial charge in [0.25, 0.3) is 0 Å². The van der Waals surface area contributed by atoms with Crippen LogP contribution in [0.2, 0.25) is 0 Å². The predicted octanol–water partition coefficient (Wildman–Crippen LogP) is 3.08. The predicted molar refractivity (Wildman–Crippen MR) is 80.1 cm³/mol. The second-order valence-electron chi connectivity index (χ2n) is 5.52. The maximum Gasteiger partial charge on any atom is 0.133 e. The van der Waals surface area contributed by atoms with E-state index < -0.39 is 11.4 Å². The van der Waals surface area contributed by atoms with Crippen molar-refractivity contribution in [2.24, 2.45) is 0 Å². The van der Waals surface area contributed by atoms with E-state index in [4.69, 9.17) is 4.74 Å². The number of nitrogens with one attached hydrogen (secondary N) is 1. The average Bonchev–Trinajstić information content (AvgIpc) is 2.91. The first kappa shape index (κ1) is 13.9. The van der Waals surface area contributed by atoms with Crippen LogP contribution in [0.25, 0.3) is 0 Å². The van der Waals surface area contributed by atoms with E-state index in [1.807, 2.05) is 24.3 Å². The quantitative estimate of drug-likeness (QED) is 0.911. The van der Waals surface area contributed by atoms with Crippen LogP contribution in [-0.4, -0.2) is 18.3 Å². The summed E-state index contributed by atoms with van der Waals surface area (Å²) in [5, 5.41) is 14.2. The molecule has 2 aromatic carbocycles. The van der Waals surface area contributed by atoms with Crippen LogP contribution < -0.4 is 10.1 Å². The normalized spacial score (nSPS) is 19.5. The van der Waals surface area contributed by atoms with Crippen molar-refractivity contribution >= 4 is 5.69 Å². The Morgan fingerprint density at radius 2 is 2.00 bits per heavy atom. The minimum absolute atomic E-state index is 0.192. The van der Waals surface area contributed by atoms with E-state index in [-0.39, 0.29) is 11.6 Å². The highest BCUT2D eigenvalue weighted by molar-refractivity contribution is 5.58. The topological polar surface area (TPSA) is 41.5 Å². The highest BCUT2D eigenvalue weighted by atomic mass is 19.1. The van der Waals surface area contributed by atoms with Crippen LogP contribution in [-0.2, 0) is 12.0 Å². The number of halogens is 1. The SMILES string of the molecule is COc1cccc(F)c1C(C)(O)C1Cc2ccccc2N1. The van der Waals surface area contributed by atoms with Gasteiger partial charge in [0.1, 0.15) is 17.2 Å². The van der Waals surface area contributed by atoms with Gasteiger partial charge in [-0.3, -0.25) is 0 Å². The molecule has 0 radical (unpaired) electrons. The highest BCUT2D eigenvalue weighted by Crippen LogP contribution is 2.40. The third-order valence-electron chi connectivity index (χ3n) is 4.15. The van der Waals surface area contributed by atoms with E-state index in [1.165, 1.54) is 13.2 Å². The molecule has 1 aliphatic heterocycles. The van der Waals surface area contributed by atoms with Crippen LogP contribution in [0, 0.1) is 5.82 Å². The monoisotopic (exact) mass is 287 g/mol. The molecule has 0 aromatic heterocycles. The van der Waals surface area contributed by atoms with Gasteiger partial charge in [0, 0.05) is 5.69 Å². The Bertz CT molecular complexity index is 645. The first-order chi connectivity index (χ1) is 10.0. The third kappa shape index (κ3) is 2.25. The van der Waals surface area contributed by atoms with E-state index in [0.717, 1.165) is 11.3 Å². The van der Waals surface area contributed by atoms with Crippen LogP contribution in [0.5, 0.6) is 5.75 Å². The van der Waals surface area contributed by atoms with Crippen molar-refractivity contribution in [2.45, 2.75) is 25.0 Å². The molecule has 0 bridgehead atoms. The molecule has 21 heavy (non-hydrogen) atoms. The Kier molecular flexibility index (Phi) is 3.33. The van der Waals surface area contributed by atoms with Gasteiger partial charge in [-0.1, -0.05) is 24.3 Å². The molecule has 2 aromatic rings. The molecule has 3 rings (SSSR count). The number of rotatable bonds is 3. The smallest absolute Gasteiger partial charge is 0.133 e. The molecule has 0 aliphatic carbocycles. The summed E-state index contributed by atoms with van der Waals surface area (Å²) in [6.07, 6.45) is 0.640. The number of ether oxygens (including phenoxy) is 1. The Hall–Kier alpha value is -2.07. The van der Waals surface area contributed by atoms with Gasteiger partial charge in [0.05, 0.1) is 18.7 Å². The largest absolute Gasteiger partial charge is 0.496 e. The van der Waals surface area contributed by atoms with Crippen LogP contribution >= 0.6 is 0 Å². The van der Waals surface area contributed by atoms with Crippen LogP contribution in [0.4, 0.5) is 10.1 Å². The van der Waals surface area contributed by atoms with Gasteiger partial charge >= 0.3 is 0 Å². The molecular weight excluding hydrogens is 269 g/mol. The van der Waals surface area contributed by atoms with Crippen molar-refractivity contribution in [1.82, 2.24) is 0 Å². The van der Waals surface area contributed by atoms with E-state index >= 15 is 0 Å². The number of fused-ring (bicyclic) bond motifs is 1. The minimum atomic E-state index is -1.38. The molecule has 0 spiro atoms. The Labute approximate surface area is 123 Å². The molecule has 2 unspecified atom stereocenters. The van der Waals surface area contributed by atoms with E-state index in [1.54, 1.807) is 19.1 Å². The lowest BCUT2D eigenvalue weighted by molar-refractivity contribution is 0.0320. The maximum atomic E-state index is 14.2. The number of benzene rings is 2. The van der Waals surface area contributed by atoms with Crippen LogP contribution in [0.15, 0.2) is 42.5 Å². The van der Waals surface area contributed by atoms with Gasteiger partial charge in [-0.15, -0.1) is 0 Å². The first-order valence-corrected chi connectivity index (χ1v) is 6.94. The second kappa shape index (κ2) is 5.04. The van der Waals surface area contributed by atoms with Crippen molar-refractivity contribution in [3.8, 4) is 5.75 Å². The molecule has 2 N–H and O–H groups in total. The fourth-order valence-corrected chi connectivity index (χ4v) is 2.98. The maximum absolute atomic E-state index is 14.2. The van der Waals surface area contributed by atoms with Gasteiger partial charge < -0.3 is 15.2 Å². The molecule has 4 heteroatoms. The van der Waals surface area contributed by atoms with Gasteiger partial charge in [0.15, 0.2) is 0 Å². The number of methoxy groups -OCH3 is 1. The van der Waals surface area contributed by atoms with E-state index in [9.17, 15) is 9.50 Å². The van der Waals surface area contributed by atoms with E-state index in [0.29, 0.717) is 12.2 Å². The van der Waals surface area contributed by atoms with Gasteiger partial charge in [-0.2, -0.15) is 0 Å². The molecule has 0 saturated heterocycles. The zero-order valence-corrected chi connectivity index (χ0v) is 12.1. The lowest BCUT2D eigenvalue weighted by Crippen LogP contribution is -2.41. The zero-order valence-electron chi connectivity index (χ0n) is 12.1. The molecule has 1 aliphatic rings.